The maximum absolute atomic E-state index is 12.5. The third kappa shape index (κ3) is 10.6. The van der Waals surface area contributed by atoms with Gasteiger partial charge in [0.25, 0.3) is 0 Å². The minimum atomic E-state index is 0.385. The van der Waals surface area contributed by atoms with Crippen LogP contribution in [0.3, 0.4) is 0 Å². The number of quaternary nitrogens is 1. The lowest BCUT2D eigenvalue weighted by Crippen LogP contribution is -2.60. The topological polar surface area (TPSA) is 20.3 Å². The molecule has 0 saturated carbocycles. The molecule has 1 aliphatic rings. The Hall–Kier alpha value is -0.830. The Morgan fingerprint density at radius 3 is 1.71 bits per heavy atom. The van der Waals surface area contributed by atoms with Crippen LogP contribution in [0.15, 0.2) is 12.7 Å². The number of carbonyl (C=O) groups is 1. The van der Waals surface area contributed by atoms with Crippen LogP contribution in [0.25, 0.3) is 0 Å². The fraction of sp³-hybridized carbons (Fsp3) is 0.880. The SMILES string of the molecule is C=CC[N+]1(CC)CCN(C(=O)CCCCCCCCCCCCCCC)CC1. The van der Waals surface area contributed by atoms with Crippen molar-refractivity contribution in [1.29, 1.82) is 0 Å². The maximum Gasteiger partial charge on any atom is 0.222 e. The lowest BCUT2D eigenvalue weighted by molar-refractivity contribution is -0.924. The van der Waals surface area contributed by atoms with E-state index in [1.165, 1.54) is 77.0 Å². The van der Waals surface area contributed by atoms with Gasteiger partial charge in [0.15, 0.2) is 0 Å². The van der Waals surface area contributed by atoms with Gasteiger partial charge in [-0.2, -0.15) is 0 Å². The van der Waals surface area contributed by atoms with E-state index in [9.17, 15) is 4.79 Å². The minimum Gasteiger partial charge on any atom is -0.331 e. The molecule has 0 atom stereocenters. The van der Waals surface area contributed by atoms with Gasteiger partial charge in [0.1, 0.15) is 0 Å². The Kier molecular flexibility index (Phi) is 14.4. The number of hydrogen-bond acceptors (Lipinski definition) is 1. The Morgan fingerprint density at radius 2 is 1.29 bits per heavy atom. The average molecular weight is 394 g/mol. The summed E-state index contributed by atoms with van der Waals surface area (Å²) in [5, 5.41) is 0. The summed E-state index contributed by atoms with van der Waals surface area (Å²) in [6.07, 6.45) is 20.4. The molecule has 0 aromatic rings. The molecule has 0 radical (unpaired) electrons. The molecule has 164 valence electrons. The smallest absolute Gasteiger partial charge is 0.222 e. The molecule has 0 N–H and O–H groups in total. The van der Waals surface area contributed by atoms with Gasteiger partial charge in [-0.25, -0.2) is 0 Å². The van der Waals surface area contributed by atoms with Gasteiger partial charge in [0.2, 0.25) is 5.91 Å². The highest BCUT2D eigenvalue weighted by Gasteiger charge is 2.31. The van der Waals surface area contributed by atoms with E-state index in [0.717, 1.165) is 56.6 Å². The van der Waals surface area contributed by atoms with Crippen molar-refractivity contribution in [3.63, 3.8) is 0 Å². The summed E-state index contributed by atoms with van der Waals surface area (Å²) < 4.78 is 1.10. The average Bonchev–Trinajstić information content (AvgIpc) is 2.72. The normalized spacial score (nSPS) is 16.3. The molecule has 1 saturated heterocycles. The molecule has 1 heterocycles. The summed E-state index contributed by atoms with van der Waals surface area (Å²) in [6.45, 7) is 14.7. The van der Waals surface area contributed by atoms with Crippen molar-refractivity contribution in [2.24, 2.45) is 0 Å². The molecule has 3 heteroatoms. The number of amides is 1. The summed E-state index contributed by atoms with van der Waals surface area (Å²) in [5.41, 5.74) is 0. The van der Waals surface area contributed by atoms with E-state index in [1.54, 1.807) is 0 Å². The van der Waals surface area contributed by atoms with Crippen LogP contribution >= 0.6 is 0 Å². The van der Waals surface area contributed by atoms with E-state index in [0.29, 0.717) is 5.91 Å². The molecule has 1 amide bonds. The van der Waals surface area contributed by atoms with E-state index in [-0.39, 0.29) is 0 Å². The second-order valence-electron chi connectivity index (χ2n) is 8.95. The first-order valence-electron chi connectivity index (χ1n) is 12.4. The number of piperazine rings is 1. The lowest BCUT2D eigenvalue weighted by atomic mass is 10.0. The van der Waals surface area contributed by atoms with Crippen LogP contribution in [0.5, 0.6) is 0 Å². The van der Waals surface area contributed by atoms with Crippen LogP contribution in [-0.4, -0.2) is 54.6 Å². The summed E-state index contributed by atoms with van der Waals surface area (Å²) >= 11 is 0. The van der Waals surface area contributed by atoms with Gasteiger partial charge in [-0.1, -0.05) is 90.6 Å². The number of nitrogens with zero attached hydrogens (tertiary/aromatic N) is 2. The van der Waals surface area contributed by atoms with Gasteiger partial charge in [-0.05, 0) is 19.4 Å². The zero-order chi connectivity index (χ0) is 20.5. The molecule has 1 aliphatic heterocycles. The van der Waals surface area contributed by atoms with Gasteiger partial charge in [0.05, 0.1) is 39.3 Å². The van der Waals surface area contributed by atoms with Crippen LogP contribution in [-0.2, 0) is 4.79 Å². The molecule has 3 nitrogen and oxygen atoms in total. The molecular formula is C25H49N2O+. The quantitative estimate of drug-likeness (QED) is 0.160. The zero-order valence-electron chi connectivity index (χ0n) is 19.2. The second kappa shape index (κ2) is 16.0. The van der Waals surface area contributed by atoms with E-state index < -0.39 is 0 Å². The molecule has 1 fully saturated rings. The lowest BCUT2D eigenvalue weighted by Gasteiger charge is -2.43. The van der Waals surface area contributed by atoms with E-state index >= 15 is 0 Å². The highest BCUT2D eigenvalue weighted by molar-refractivity contribution is 5.76. The maximum atomic E-state index is 12.5. The monoisotopic (exact) mass is 393 g/mol. The first-order valence-corrected chi connectivity index (χ1v) is 12.4. The summed E-state index contributed by atoms with van der Waals surface area (Å²) in [6, 6.07) is 0. The van der Waals surface area contributed by atoms with Crippen molar-refractivity contribution in [3.05, 3.63) is 12.7 Å². The Bertz CT molecular complexity index is 399. The fourth-order valence-electron chi connectivity index (χ4n) is 4.49. The number of carbonyl (C=O) groups excluding carboxylic acids is 1. The van der Waals surface area contributed by atoms with Gasteiger partial charge < -0.3 is 9.38 Å². The van der Waals surface area contributed by atoms with Crippen molar-refractivity contribution >= 4 is 5.91 Å². The number of likely N-dealkylation sites (N-methyl/N-ethyl adjacent to an activating group) is 1. The highest BCUT2D eigenvalue weighted by Crippen LogP contribution is 2.16. The largest absolute Gasteiger partial charge is 0.331 e. The number of rotatable bonds is 17. The molecular weight excluding hydrogens is 344 g/mol. The molecule has 0 aromatic carbocycles. The van der Waals surface area contributed by atoms with Crippen molar-refractivity contribution in [3.8, 4) is 0 Å². The summed E-state index contributed by atoms with van der Waals surface area (Å²) in [5.74, 6) is 0.385. The van der Waals surface area contributed by atoms with E-state index in [1.807, 2.05) is 6.08 Å². The molecule has 28 heavy (non-hydrogen) atoms. The minimum absolute atomic E-state index is 0.385. The Labute approximate surface area is 176 Å². The predicted molar refractivity (Wildman–Crippen MR) is 122 cm³/mol. The van der Waals surface area contributed by atoms with Gasteiger partial charge in [-0.3, -0.25) is 4.79 Å². The van der Waals surface area contributed by atoms with Gasteiger partial charge in [0, 0.05) is 6.42 Å². The van der Waals surface area contributed by atoms with Crippen molar-refractivity contribution in [2.45, 2.75) is 104 Å². The Morgan fingerprint density at radius 1 is 0.821 bits per heavy atom. The van der Waals surface area contributed by atoms with E-state index in [2.05, 4.69) is 25.3 Å². The zero-order valence-corrected chi connectivity index (χ0v) is 19.2. The van der Waals surface area contributed by atoms with Crippen LogP contribution in [0, 0.1) is 0 Å². The molecule has 0 aromatic heterocycles. The van der Waals surface area contributed by atoms with Crippen molar-refractivity contribution in [2.75, 3.05) is 39.3 Å². The summed E-state index contributed by atoms with van der Waals surface area (Å²) in [7, 11) is 0. The van der Waals surface area contributed by atoms with Crippen molar-refractivity contribution < 1.29 is 9.28 Å². The van der Waals surface area contributed by atoms with Crippen molar-refractivity contribution in [1.82, 2.24) is 4.90 Å². The molecule has 1 rings (SSSR count). The molecule has 0 spiro atoms. The van der Waals surface area contributed by atoms with Gasteiger partial charge in [-0.15, -0.1) is 0 Å². The third-order valence-electron chi connectivity index (χ3n) is 6.72. The molecule has 0 aliphatic carbocycles. The number of unbranched alkanes of at least 4 members (excludes halogenated alkanes) is 12. The molecule has 0 unspecified atom stereocenters. The van der Waals surface area contributed by atoms with E-state index in [4.69, 9.17) is 0 Å². The summed E-state index contributed by atoms with van der Waals surface area (Å²) in [4.78, 5) is 14.6. The van der Waals surface area contributed by atoms with Crippen LogP contribution < -0.4 is 0 Å². The highest BCUT2D eigenvalue weighted by atomic mass is 16.2. The van der Waals surface area contributed by atoms with Crippen LogP contribution in [0.2, 0.25) is 0 Å². The molecule has 0 bridgehead atoms. The first kappa shape index (κ1) is 25.2. The van der Waals surface area contributed by atoms with Gasteiger partial charge >= 0.3 is 0 Å². The van der Waals surface area contributed by atoms with Crippen LogP contribution in [0.4, 0.5) is 0 Å². The standard InChI is InChI=1S/C25H49N2O/c1-4-7-8-9-10-11-12-13-14-15-16-17-18-19-25(28)26-20-23-27(6-3,22-5-2)24-21-26/h5H,2,4,6-24H2,1,3H3/q+1. The second-order valence-corrected chi connectivity index (χ2v) is 8.95. The number of hydrogen-bond donors (Lipinski definition) is 0. The Balaban J connectivity index is 1.94. The van der Waals surface area contributed by atoms with Crippen LogP contribution in [0.1, 0.15) is 104 Å². The fourth-order valence-corrected chi connectivity index (χ4v) is 4.49. The predicted octanol–water partition coefficient (Wildman–Crippen LogP) is 6.33. The first-order chi connectivity index (χ1) is 13.7. The third-order valence-corrected chi connectivity index (χ3v) is 6.72.